The first-order valence-electron chi connectivity index (χ1n) is 12.5. The lowest BCUT2D eigenvalue weighted by Gasteiger charge is -2.38. The van der Waals surface area contributed by atoms with Crippen LogP contribution in [0.3, 0.4) is 0 Å². The minimum Gasteiger partial charge on any atom is -0.487 e. The number of hydrogen-bond acceptors (Lipinski definition) is 6. The first-order chi connectivity index (χ1) is 18.1. The SMILES string of the molecule is Cc1ccc2nc(COc3cccc(C(=O)NCC4(c5ccc6c(c5)OCO6)CCOCC4)c3)cn2c1. The highest BCUT2D eigenvalue weighted by molar-refractivity contribution is 5.94. The van der Waals surface area contributed by atoms with E-state index in [4.69, 9.17) is 18.9 Å². The number of nitrogens with one attached hydrogen (secondary N) is 1. The number of carbonyl (C=O) groups excluding carboxylic acids is 1. The minimum absolute atomic E-state index is 0.139. The molecule has 37 heavy (non-hydrogen) atoms. The molecule has 1 saturated heterocycles. The zero-order chi connectivity index (χ0) is 25.2. The van der Waals surface area contributed by atoms with Gasteiger partial charge in [-0.05, 0) is 67.3 Å². The van der Waals surface area contributed by atoms with E-state index in [-0.39, 0.29) is 18.1 Å². The van der Waals surface area contributed by atoms with Crippen LogP contribution in [0, 0.1) is 6.92 Å². The van der Waals surface area contributed by atoms with Gasteiger partial charge < -0.3 is 28.7 Å². The Balaban J connectivity index is 1.13. The second-order valence-corrected chi connectivity index (χ2v) is 9.66. The van der Waals surface area contributed by atoms with Gasteiger partial charge in [-0.25, -0.2) is 4.98 Å². The first kappa shape index (κ1) is 23.4. The molecule has 2 aromatic heterocycles. The fourth-order valence-electron chi connectivity index (χ4n) is 5.02. The van der Waals surface area contributed by atoms with E-state index >= 15 is 0 Å². The predicted octanol–water partition coefficient (Wildman–Crippen LogP) is 4.43. The van der Waals surface area contributed by atoms with Crippen LogP contribution in [0.15, 0.2) is 67.0 Å². The highest BCUT2D eigenvalue weighted by atomic mass is 16.7. The van der Waals surface area contributed by atoms with E-state index in [1.807, 2.05) is 60.1 Å². The summed E-state index contributed by atoms with van der Waals surface area (Å²) in [5.74, 6) is 1.99. The van der Waals surface area contributed by atoms with Crippen LogP contribution in [-0.4, -0.2) is 41.8 Å². The topological polar surface area (TPSA) is 83.3 Å². The van der Waals surface area contributed by atoms with Crippen LogP contribution in [0.2, 0.25) is 0 Å². The van der Waals surface area contributed by atoms with Crippen LogP contribution in [-0.2, 0) is 16.8 Å². The van der Waals surface area contributed by atoms with Gasteiger partial charge in [-0.2, -0.15) is 0 Å². The predicted molar refractivity (Wildman–Crippen MR) is 137 cm³/mol. The van der Waals surface area contributed by atoms with Crippen molar-refractivity contribution in [3.8, 4) is 17.2 Å². The molecule has 0 saturated carbocycles. The highest BCUT2D eigenvalue weighted by Crippen LogP contribution is 2.40. The maximum atomic E-state index is 13.2. The quantitative estimate of drug-likeness (QED) is 0.405. The number of pyridine rings is 1. The van der Waals surface area contributed by atoms with Crippen molar-refractivity contribution in [2.24, 2.45) is 0 Å². The van der Waals surface area contributed by atoms with Gasteiger partial charge in [0.15, 0.2) is 11.5 Å². The number of aryl methyl sites for hydroxylation is 1. The molecule has 190 valence electrons. The van der Waals surface area contributed by atoms with Gasteiger partial charge in [-0.15, -0.1) is 0 Å². The van der Waals surface area contributed by atoms with Gasteiger partial charge in [0.25, 0.3) is 5.91 Å². The number of rotatable bonds is 7. The minimum atomic E-state index is -0.232. The largest absolute Gasteiger partial charge is 0.487 e. The Kier molecular flexibility index (Phi) is 6.18. The van der Waals surface area contributed by atoms with E-state index in [1.165, 1.54) is 0 Å². The maximum Gasteiger partial charge on any atom is 0.251 e. The summed E-state index contributed by atoms with van der Waals surface area (Å²) in [5, 5.41) is 3.16. The molecule has 2 aliphatic rings. The van der Waals surface area contributed by atoms with Crippen LogP contribution in [0.5, 0.6) is 17.2 Å². The third kappa shape index (κ3) is 4.84. The molecule has 1 fully saturated rings. The number of hydrogen-bond donors (Lipinski definition) is 1. The molecular weight excluding hydrogens is 470 g/mol. The molecule has 0 radical (unpaired) electrons. The fraction of sp³-hybridized carbons (Fsp3) is 0.310. The average Bonchev–Trinajstić information content (AvgIpc) is 3.57. The van der Waals surface area contributed by atoms with E-state index in [9.17, 15) is 4.79 Å². The molecule has 0 unspecified atom stereocenters. The zero-order valence-electron chi connectivity index (χ0n) is 20.7. The molecule has 2 aromatic carbocycles. The van der Waals surface area contributed by atoms with Crippen LogP contribution < -0.4 is 19.5 Å². The van der Waals surface area contributed by atoms with E-state index in [2.05, 4.69) is 16.4 Å². The van der Waals surface area contributed by atoms with Crippen molar-refractivity contribution in [3.05, 3.63) is 89.4 Å². The Labute approximate surface area is 215 Å². The van der Waals surface area contributed by atoms with E-state index in [0.29, 0.717) is 37.7 Å². The van der Waals surface area contributed by atoms with Crippen molar-refractivity contribution in [3.63, 3.8) is 0 Å². The molecule has 4 heterocycles. The number of benzene rings is 2. The van der Waals surface area contributed by atoms with Crippen molar-refractivity contribution >= 4 is 11.6 Å². The van der Waals surface area contributed by atoms with Gasteiger partial charge >= 0.3 is 0 Å². The molecule has 8 heteroatoms. The number of fused-ring (bicyclic) bond motifs is 2. The Morgan fingerprint density at radius 2 is 1.92 bits per heavy atom. The highest BCUT2D eigenvalue weighted by Gasteiger charge is 2.36. The molecule has 0 spiro atoms. The van der Waals surface area contributed by atoms with Crippen molar-refractivity contribution < 1.29 is 23.7 Å². The smallest absolute Gasteiger partial charge is 0.251 e. The van der Waals surface area contributed by atoms with Crippen LogP contribution in [0.1, 0.15) is 40.0 Å². The van der Waals surface area contributed by atoms with E-state index in [1.54, 1.807) is 12.1 Å². The molecule has 0 bridgehead atoms. The lowest BCUT2D eigenvalue weighted by atomic mass is 9.74. The first-order valence-corrected chi connectivity index (χ1v) is 12.5. The molecule has 1 amide bonds. The van der Waals surface area contributed by atoms with Gasteiger partial charge in [-0.3, -0.25) is 4.79 Å². The van der Waals surface area contributed by atoms with Crippen LogP contribution in [0.4, 0.5) is 0 Å². The Morgan fingerprint density at radius 3 is 2.81 bits per heavy atom. The summed E-state index contributed by atoms with van der Waals surface area (Å²) in [6.45, 7) is 4.40. The third-order valence-electron chi connectivity index (χ3n) is 7.15. The van der Waals surface area contributed by atoms with Gasteiger partial charge in [0.05, 0.1) is 5.69 Å². The summed E-state index contributed by atoms with van der Waals surface area (Å²) < 4.78 is 24.7. The molecule has 6 rings (SSSR count). The van der Waals surface area contributed by atoms with Gasteiger partial charge in [0.2, 0.25) is 6.79 Å². The third-order valence-corrected chi connectivity index (χ3v) is 7.15. The molecule has 0 atom stereocenters. The zero-order valence-corrected chi connectivity index (χ0v) is 20.7. The molecular formula is C29H29N3O5. The van der Waals surface area contributed by atoms with E-state index in [0.717, 1.165) is 46.8 Å². The Hall–Kier alpha value is -4.04. The fourth-order valence-corrected chi connectivity index (χ4v) is 5.02. The summed E-state index contributed by atoms with van der Waals surface area (Å²) in [5.41, 5.74) is 4.31. The van der Waals surface area contributed by atoms with Crippen LogP contribution in [0.25, 0.3) is 5.65 Å². The number of carbonyl (C=O) groups is 1. The Morgan fingerprint density at radius 1 is 1.05 bits per heavy atom. The second-order valence-electron chi connectivity index (χ2n) is 9.66. The van der Waals surface area contributed by atoms with Gasteiger partial charge in [-0.1, -0.05) is 18.2 Å². The lowest BCUT2D eigenvalue weighted by molar-refractivity contribution is 0.0486. The summed E-state index contributed by atoms with van der Waals surface area (Å²) in [4.78, 5) is 17.8. The summed E-state index contributed by atoms with van der Waals surface area (Å²) >= 11 is 0. The molecule has 8 nitrogen and oxygen atoms in total. The van der Waals surface area contributed by atoms with Crippen molar-refractivity contribution in [1.29, 1.82) is 0 Å². The number of amides is 1. The number of nitrogens with zero attached hydrogens (tertiary/aromatic N) is 2. The van der Waals surface area contributed by atoms with Crippen molar-refractivity contribution in [1.82, 2.24) is 14.7 Å². The number of aromatic nitrogens is 2. The van der Waals surface area contributed by atoms with Crippen LogP contribution >= 0.6 is 0 Å². The Bertz CT molecular complexity index is 1440. The van der Waals surface area contributed by atoms with Gasteiger partial charge in [0, 0.05) is 43.1 Å². The lowest BCUT2D eigenvalue weighted by Crippen LogP contribution is -2.44. The second kappa shape index (κ2) is 9.78. The standard InChI is InChI=1S/C29H29N3O5/c1-20-5-8-27-31-23(16-32(27)15-20)17-35-24-4-2-3-21(13-24)28(33)30-18-29(9-11-34-12-10-29)22-6-7-25-26(14-22)37-19-36-25/h2-8,13-16H,9-12,17-19H2,1H3,(H,30,33). The summed E-state index contributed by atoms with van der Waals surface area (Å²) in [7, 11) is 0. The monoisotopic (exact) mass is 499 g/mol. The molecule has 4 aromatic rings. The summed E-state index contributed by atoms with van der Waals surface area (Å²) in [6.07, 6.45) is 5.62. The number of imidazole rings is 1. The van der Waals surface area contributed by atoms with Crippen molar-refractivity contribution in [2.75, 3.05) is 26.6 Å². The molecule has 2 aliphatic heterocycles. The molecule has 0 aliphatic carbocycles. The van der Waals surface area contributed by atoms with E-state index < -0.39 is 0 Å². The summed E-state index contributed by atoms with van der Waals surface area (Å²) in [6, 6.07) is 17.3. The molecule has 1 N–H and O–H groups in total. The normalized spacial score (nSPS) is 16.0. The number of ether oxygens (including phenoxy) is 4. The maximum absolute atomic E-state index is 13.2. The average molecular weight is 500 g/mol. The van der Waals surface area contributed by atoms with Crippen molar-refractivity contribution in [2.45, 2.75) is 31.8 Å². The van der Waals surface area contributed by atoms with Gasteiger partial charge in [0.1, 0.15) is 18.0 Å².